The van der Waals surface area contributed by atoms with E-state index in [1.165, 1.54) is 5.56 Å². The maximum Gasteiger partial charge on any atom is 0.322 e. The van der Waals surface area contributed by atoms with Crippen LogP contribution in [0.25, 0.3) is 0 Å². The van der Waals surface area contributed by atoms with Gasteiger partial charge in [-0.15, -0.1) is 0 Å². The van der Waals surface area contributed by atoms with E-state index in [2.05, 4.69) is 29.6 Å². The molecule has 2 aliphatic rings. The van der Waals surface area contributed by atoms with Gasteiger partial charge in [0, 0.05) is 31.2 Å². The van der Waals surface area contributed by atoms with Crippen molar-refractivity contribution in [2.24, 2.45) is 0 Å². The number of nitrogens with zero attached hydrogens (tertiary/aromatic N) is 2. The topological polar surface area (TPSA) is 61.9 Å². The fourth-order valence-electron chi connectivity index (χ4n) is 4.77. The minimum Gasteiger partial charge on any atom is -0.495 e. The standard InChI is InChI=1S/C26H33N3O3/c1-32-24-15-13-21(25(30)28-16-7-8-17-28)19-23(24)27-26(31)29-18-6-5-11-22(29)14-12-20-9-3-2-4-10-20/h2-4,9-10,13,15,19,22H,5-8,11-12,14,16-18H2,1H3,(H,27,31)/t22-/m0/s1. The highest BCUT2D eigenvalue weighted by atomic mass is 16.5. The van der Waals surface area contributed by atoms with Crippen molar-refractivity contribution in [3.8, 4) is 5.75 Å². The van der Waals surface area contributed by atoms with Crippen LogP contribution in [0, 0.1) is 0 Å². The number of carbonyl (C=O) groups is 2. The molecular formula is C26H33N3O3. The average molecular weight is 436 g/mol. The van der Waals surface area contributed by atoms with Gasteiger partial charge in [-0.2, -0.15) is 0 Å². The molecule has 0 radical (unpaired) electrons. The summed E-state index contributed by atoms with van der Waals surface area (Å²) in [6, 6.07) is 15.8. The molecule has 2 aliphatic heterocycles. The van der Waals surface area contributed by atoms with E-state index >= 15 is 0 Å². The summed E-state index contributed by atoms with van der Waals surface area (Å²) in [7, 11) is 1.58. The first-order valence-electron chi connectivity index (χ1n) is 11.7. The Morgan fingerprint density at radius 2 is 1.75 bits per heavy atom. The molecule has 0 aliphatic carbocycles. The van der Waals surface area contributed by atoms with Gasteiger partial charge in [-0.05, 0) is 68.7 Å². The van der Waals surface area contributed by atoms with Crippen LogP contribution in [0.15, 0.2) is 48.5 Å². The number of hydrogen-bond donors (Lipinski definition) is 1. The van der Waals surface area contributed by atoms with Crippen LogP contribution in [0.1, 0.15) is 54.4 Å². The summed E-state index contributed by atoms with van der Waals surface area (Å²) in [6.07, 6.45) is 7.17. The van der Waals surface area contributed by atoms with E-state index in [9.17, 15) is 9.59 Å². The maximum absolute atomic E-state index is 13.3. The first-order chi connectivity index (χ1) is 15.7. The second-order valence-electron chi connectivity index (χ2n) is 8.71. The van der Waals surface area contributed by atoms with Crippen LogP contribution < -0.4 is 10.1 Å². The summed E-state index contributed by atoms with van der Waals surface area (Å²) < 4.78 is 5.47. The molecule has 1 atom stereocenters. The van der Waals surface area contributed by atoms with E-state index in [0.29, 0.717) is 17.0 Å². The van der Waals surface area contributed by atoms with E-state index in [-0.39, 0.29) is 18.0 Å². The highest BCUT2D eigenvalue weighted by molar-refractivity contribution is 5.98. The van der Waals surface area contributed by atoms with Gasteiger partial charge in [0.15, 0.2) is 0 Å². The zero-order chi connectivity index (χ0) is 22.3. The van der Waals surface area contributed by atoms with Gasteiger partial charge >= 0.3 is 6.03 Å². The van der Waals surface area contributed by atoms with E-state index in [1.807, 2.05) is 15.9 Å². The van der Waals surface area contributed by atoms with Crippen LogP contribution in [-0.4, -0.2) is 54.5 Å². The van der Waals surface area contributed by atoms with Gasteiger partial charge in [0.1, 0.15) is 5.75 Å². The van der Waals surface area contributed by atoms with Gasteiger partial charge in [0.25, 0.3) is 5.91 Å². The number of likely N-dealkylation sites (tertiary alicyclic amines) is 2. The van der Waals surface area contributed by atoms with Crippen LogP contribution in [0.3, 0.4) is 0 Å². The molecule has 32 heavy (non-hydrogen) atoms. The van der Waals surface area contributed by atoms with Crippen molar-refractivity contribution in [1.82, 2.24) is 9.80 Å². The lowest BCUT2D eigenvalue weighted by Crippen LogP contribution is -2.46. The molecule has 1 N–H and O–H groups in total. The summed E-state index contributed by atoms with van der Waals surface area (Å²) >= 11 is 0. The lowest BCUT2D eigenvalue weighted by molar-refractivity contribution is 0.0792. The third-order valence-corrected chi connectivity index (χ3v) is 6.58. The number of nitrogens with one attached hydrogen (secondary N) is 1. The molecule has 6 heteroatoms. The van der Waals surface area contributed by atoms with Gasteiger partial charge in [-0.1, -0.05) is 30.3 Å². The van der Waals surface area contributed by atoms with E-state index in [0.717, 1.165) is 64.6 Å². The lowest BCUT2D eigenvalue weighted by atomic mass is 9.96. The molecule has 2 saturated heterocycles. The van der Waals surface area contributed by atoms with E-state index in [1.54, 1.807) is 25.3 Å². The second-order valence-corrected chi connectivity index (χ2v) is 8.71. The SMILES string of the molecule is COc1ccc(C(=O)N2CCCC2)cc1NC(=O)N1CCCC[C@H]1CCc1ccccc1. The number of ether oxygens (including phenoxy) is 1. The largest absolute Gasteiger partial charge is 0.495 e. The monoisotopic (exact) mass is 435 g/mol. The third-order valence-electron chi connectivity index (χ3n) is 6.58. The molecule has 0 spiro atoms. The van der Waals surface area contributed by atoms with Crippen LogP contribution >= 0.6 is 0 Å². The molecule has 6 nitrogen and oxygen atoms in total. The van der Waals surface area contributed by atoms with Crippen molar-refractivity contribution in [3.05, 3.63) is 59.7 Å². The second kappa shape index (κ2) is 10.5. The van der Waals surface area contributed by atoms with E-state index in [4.69, 9.17) is 4.74 Å². The third kappa shape index (κ3) is 5.23. The van der Waals surface area contributed by atoms with Gasteiger partial charge in [0.2, 0.25) is 0 Å². The molecular weight excluding hydrogens is 402 g/mol. The van der Waals surface area contributed by atoms with Gasteiger partial charge in [-0.3, -0.25) is 4.79 Å². The number of anilines is 1. The van der Waals surface area contributed by atoms with Gasteiger partial charge < -0.3 is 19.9 Å². The molecule has 4 rings (SSSR count). The van der Waals surface area contributed by atoms with Gasteiger partial charge in [-0.25, -0.2) is 4.79 Å². The normalized spacial score (nSPS) is 18.5. The summed E-state index contributed by atoms with van der Waals surface area (Å²) in [5, 5.41) is 3.04. The fraction of sp³-hybridized carbons (Fsp3) is 0.462. The van der Waals surface area contributed by atoms with Crippen molar-refractivity contribution < 1.29 is 14.3 Å². The molecule has 3 amide bonds. The first-order valence-corrected chi connectivity index (χ1v) is 11.7. The van der Waals surface area contributed by atoms with Crippen LogP contribution in [0.5, 0.6) is 5.75 Å². The molecule has 2 aromatic rings. The molecule has 2 heterocycles. The number of benzene rings is 2. The fourth-order valence-corrected chi connectivity index (χ4v) is 4.77. The number of urea groups is 1. The Labute approximate surface area is 190 Å². The predicted octanol–water partition coefficient (Wildman–Crippen LogP) is 4.95. The number of aryl methyl sites for hydroxylation is 1. The summed E-state index contributed by atoms with van der Waals surface area (Å²) in [5.74, 6) is 0.577. The molecule has 0 unspecified atom stereocenters. The number of rotatable bonds is 6. The van der Waals surface area contributed by atoms with Crippen LogP contribution in [0.4, 0.5) is 10.5 Å². The first kappa shape index (κ1) is 22.2. The smallest absolute Gasteiger partial charge is 0.322 e. The highest BCUT2D eigenvalue weighted by Crippen LogP contribution is 2.29. The van der Waals surface area contributed by atoms with Crippen LogP contribution in [-0.2, 0) is 6.42 Å². The van der Waals surface area contributed by atoms with Crippen molar-refractivity contribution in [1.29, 1.82) is 0 Å². The van der Waals surface area contributed by atoms with Gasteiger partial charge in [0.05, 0.1) is 12.8 Å². The Hall–Kier alpha value is -3.02. The lowest BCUT2D eigenvalue weighted by Gasteiger charge is -2.36. The van der Waals surface area contributed by atoms with Crippen molar-refractivity contribution in [2.45, 2.75) is 51.0 Å². The van der Waals surface area contributed by atoms with Crippen LogP contribution in [0.2, 0.25) is 0 Å². The Morgan fingerprint density at radius 3 is 2.50 bits per heavy atom. The molecule has 0 bridgehead atoms. The minimum atomic E-state index is -0.119. The Kier molecular flexibility index (Phi) is 7.30. The predicted molar refractivity (Wildman–Crippen MR) is 126 cm³/mol. The zero-order valence-electron chi connectivity index (χ0n) is 18.9. The number of piperidine rings is 1. The number of amides is 3. The molecule has 2 aromatic carbocycles. The van der Waals surface area contributed by atoms with Crippen molar-refractivity contribution in [2.75, 3.05) is 32.1 Å². The molecule has 0 saturated carbocycles. The maximum atomic E-state index is 13.3. The summed E-state index contributed by atoms with van der Waals surface area (Å²) in [6.45, 7) is 2.34. The van der Waals surface area contributed by atoms with Crippen molar-refractivity contribution in [3.63, 3.8) is 0 Å². The zero-order valence-corrected chi connectivity index (χ0v) is 18.9. The summed E-state index contributed by atoms with van der Waals surface area (Å²) in [5.41, 5.74) is 2.44. The Morgan fingerprint density at radius 1 is 1.00 bits per heavy atom. The molecule has 0 aromatic heterocycles. The average Bonchev–Trinajstić information content (AvgIpc) is 3.38. The Balaban J connectivity index is 1.46. The minimum absolute atomic E-state index is 0.0133. The number of carbonyl (C=O) groups excluding carboxylic acids is 2. The quantitative estimate of drug-likeness (QED) is 0.698. The summed E-state index contributed by atoms with van der Waals surface area (Å²) in [4.78, 5) is 29.9. The highest BCUT2D eigenvalue weighted by Gasteiger charge is 2.27. The van der Waals surface area contributed by atoms with E-state index < -0.39 is 0 Å². The Bertz CT molecular complexity index is 925. The number of hydrogen-bond acceptors (Lipinski definition) is 3. The van der Waals surface area contributed by atoms with Crippen molar-refractivity contribution >= 4 is 17.6 Å². The molecule has 2 fully saturated rings. The number of methoxy groups -OCH3 is 1. The molecule has 170 valence electrons.